The van der Waals surface area contributed by atoms with Crippen molar-refractivity contribution in [1.82, 2.24) is 24.8 Å². The summed E-state index contributed by atoms with van der Waals surface area (Å²) >= 11 is 0. The third kappa shape index (κ3) is 4.82. The maximum Gasteiger partial charge on any atom is 0.227 e. The van der Waals surface area contributed by atoms with Crippen LogP contribution in [0.1, 0.15) is 12.8 Å². The van der Waals surface area contributed by atoms with Crippen LogP contribution in [0.4, 0.5) is 5.69 Å². The number of methoxy groups -OCH3 is 2. The van der Waals surface area contributed by atoms with Crippen LogP contribution in [0.3, 0.4) is 0 Å². The number of carbonyl (C=O) groups is 1. The Morgan fingerprint density at radius 1 is 0.974 bits per heavy atom. The molecule has 4 aliphatic rings. The zero-order valence-corrected chi connectivity index (χ0v) is 22.2. The lowest BCUT2D eigenvalue weighted by molar-refractivity contribution is -0.144. The summed E-state index contributed by atoms with van der Waals surface area (Å²) in [5.74, 6) is 2.59. The molecule has 7 rings (SSSR count). The number of ether oxygens (including phenoxy) is 2. The van der Waals surface area contributed by atoms with E-state index in [1.807, 2.05) is 53.3 Å². The van der Waals surface area contributed by atoms with Crippen molar-refractivity contribution in [1.29, 1.82) is 0 Å². The van der Waals surface area contributed by atoms with Gasteiger partial charge in [0.2, 0.25) is 5.91 Å². The molecule has 0 radical (unpaired) electrons. The predicted molar refractivity (Wildman–Crippen MR) is 145 cm³/mol. The van der Waals surface area contributed by atoms with Gasteiger partial charge in [0.15, 0.2) is 0 Å². The SMILES string of the molecule is COc1ccc(-c2cn(CC3CC4CCN3CC4C(=O)N3CCN(c4ccccc4OC)CC3)nn2)cc1. The third-order valence-electron chi connectivity index (χ3n) is 8.54. The van der Waals surface area contributed by atoms with Gasteiger partial charge in [-0.25, -0.2) is 0 Å². The van der Waals surface area contributed by atoms with Crippen molar-refractivity contribution in [2.45, 2.75) is 25.4 Å². The molecule has 5 heterocycles. The van der Waals surface area contributed by atoms with Crippen molar-refractivity contribution in [3.05, 3.63) is 54.7 Å². The first-order valence-corrected chi connectivity index (χ1v) is 13.6. The van der Waals surface area contributed by atoms with Gasteiger partial charge < -0.3 is 19.3 Å². The summed E-state index contributed by atoms with van der Waals surface area (Å²) in [6.07, 6.45) is 4.16. The molecule has 4 unspecified atom stereocenters. The van der Waals surface area contributed by atoms with E-state index in [1.54, 1.807) is 14.2 Å². The van der Waals surface area contributed by atoms with Gasteiger partial charge >= 0.3 is 0 Å². The highest BCUT2D eigenvalue weighted by Gasteiger charge is 2.44. The molecule has 4 saturated heterocycles. The van der Waals surface area contributed by atoms with Gasteiger partial charge in [0, 0.05) is 44.3 Å². The van der Waals surface area contributed by atoms with Gasteiger partial charge in [-0.2, -0.15) is 0 Å². The Balaban J connectivity index is 1.04. The summed E-state index contributed by atoms with van der Waals surface area (Å²) in [6.45, 7) is 5.89. The number of nitrogens with zero attached hydrogens (tertiary/aromatic N) is 6. The van der Waals surface area contributed by atoms with E-state index in [2.05, 4.69) is 31.1 Å². The Kier molecular flexibility index (Phi) is 6.93. The van der Waals surface area contributed by atoms with Crippen LogP contribution in [0.15, 0.2) is 54.7 Å². The van der Waals surface area contributed by atoms with Crippen LogP contribution in [0, 0.1) is 11.8 Å². The number of anilines is 1. The fourth-order valence-corrected chi connectivity index (χ4v) is 6.40. The van der Waals surface area contributed by atoms with Gasteiger partial charge in [0.1, 0.15) is 17.2 Å². The number of fused-ring (bicyclic) bond motifs is 3. The predicted octanol–water partition coefficient (Wildman–Crippen LogP) is 3.02. The molecule has 38 heavy (non-hydrogen) atoms. The average Bonchev–Trinajstić information content (AvgIpc) is 3.45. The molecule has 9 heteroatoms. The van der Waals surface area contributed by atoms with E-state index in [4.69, 9.17) is 9.47 Å². The lowest BCUT2D eigenvalue weighted by Gasteiger charge is -2.50. The normalized spacial score (nSPS) is 24.9. The molecule has 2 bridgehead atoms. The van der Waals surface area contributed by atoms with Crippen LogP contribution in [0.5, 0.6) is 11.5 Å². The van der Waals surface area contributed by atoms with Crippen LogP contribution >= 0.6 is 0 Å². The second-order valence-corrected chi connectivity index (χ2v) is 10.6. The van der Waals surface area contributed by atoms with Crippen LogP contribution in [0.2, 0.25) is 0 Å². The number of piperazine rings is 1. The third-order valence-corrected chi connectivity index (χ3v) is 8.54. The Morgan fingerprint density at radius 3 is 2.47 bits per heavy atom. The molecule has 1 amide bonds. The van der Waals surface area contributed by atoms with Gasteiger partial charge in [0.25, 0.3) is 0 Å². The van der Waals surface area contributed by atoms with Crippen molar-refractivity contribution >= 4 is 11.6 Å². The minimum atomic E-state index is 0.100. The van der Waals surface area contributed by atoms with Crippen molar-refractivity contribution in [3.63, 3.8) is 0 Å². The van der Waals surface area contributed by atoms with Crippen LogP contribution in [-0.4, -0.2) is 90.2 Å². The minimum Gasteiger partial charge on any atom is -0.497 e. The van der Waals surface area contributed by atoms with Crippen molar-refractivity contribution in [2.24, 2.45) is 11.8 Å². The van der Waals surface area contributed by atoms with E-state index in [0.29, 0.717) is 17.9 Å². The number of hydrogen-bond donors (Lipinski definition) is 0. The van der Waals surface area contributed by atoms with E-state index in [9.17, 15) is 4.79 Å². The van der Waals surface area contributed by atoms with E-state index in [-0.39, 0.29) is 5.92 Å². The Bertz CT molecular complexity index is 1250. The van der Waals surface area contributed by atoms with Gasteiger partial charge in [-0.3, -0.25) is 14.4 Å². The van der Waals surface area contributed by atoms with Crippen LogP contribution < -0.4 is 14.4 Å². The summed E-state index contributed by atoms with van der Waals surface area (Å²) in [6, 6.07) is 16.4. The first kappa shape index (κ1) is 24.7. The fraction of sp³-hybridized carbons (Fsp3) is 0.483. The summed E-state index contributed by atoms with van der Waals surface area (Å²) in [5, 5.41) is 8.80. The highest BCUT2D eigenvalue weighted by molar-refractivity contribution is 5.80. The first-order valence-electron chi connectivity index (χ1n) is 13.6. The lowest BCUT2D eigenvalue weighted by atomic mass is 9.75. The number of rotatable bonds is 7. The molecule has 0 aliphatic carbocycles. The van der Waals surface area contributed by atoms with E-state index in [1.165, 1.54) is 0 Å². The molecule has 200 valence electrons. The Hall–Kier alpha value is -3.59. The van der Waals surface area contributed by atoms with Gasteiger partial charge in [-0.15, -0.1) is 5.10 Å². The molecule has 4 fully saturated rings. The largest absolute Gasteiger partial charge is 0.497 e. The lowest BCUT2D eigenvalue weighted by Crippen LogP contribution is -2.60. The second-order valence-electron chi connectivity index (χ2n) is 10.6. The number of hydrogen-bond acceptors (Lipinski definition) is 7. The maximum atomic E-state index is 13.6. The number of benzene rings is 2. The number of carbonyl (C=O) groups excluding carboxylic acids is 1. The Morgan fingerprint density at radius 2 is 1.76 bits per heavy atom. The van der Waals surface area contributed by atoms with Crippen molar-refractivity contribution in [2.75, 3.05) is 58.4 Å². The average molecular weight is 517 g/mol. The van der Waals surface area contributed by atoms with E-state index >= 15 is 0 Å². The molecule has 0 saturated carbocycles. The quantitative estimate of drug-likeness (QED) is 0.478. The molecule has 1 aromatic heterocycles. The molecule has 0 spiro atoms. The fourth-order valence-electron chi connectivity index (χ4n) is 6.40. The zero-order chi connectivity index (χ0) is 26.1. The topological polar surface area (TPSA) is 76.0 Å². The second kappa shape index (κ2) is 10.6. The van der Waals surface area contributed by atoms with Crippen LogP contribution in [-0.2, 0) is 11.3 Å². The zero-order valence-electron chi connectivity index (χ0n) is 22.2. The summed E-state index contributed by atoms with van der Waals surface area (Å²) < 4.78 is 12.8. The molecule has 0 N–H and O–H groups in total. The summed E-state index contributed by atoms with van der Waals surface area (Å²) in [5.41, 5.74) is 3.00. The number of amides is 1. The van der Waals surface area contributed by atoms with Crippen molar-refractivity contribution in [3.8, 4) is 22.8 Å². The standard InChI is InChI=1S/C29H36N6O3/c1-37-24-9-7-21(8-10-24)26-20-35(31-30-26)18-23-17-22-11-12-34(23)19-25(22)29(36)33-15-13-32(14-16-33)27-5-3-4-6-28(27)38-2/h3-10,20,22-23,25H,11-19H2,1-2H3. The summed E-state index contributed by atoms with van der Waals surface area (Å²) in [7, 11) is 3.38. The maximum absolute atomic E-state index is 13.6. The number of para-hydroxylation sites is 2. The minimum absolute atomic E-state index is 0.100. The number of aromatic nitrogens is 3. The van der Waals surface area contributed by atoms with E-state index < -0.39 is 0 Å². The first-order chi connectivity index (χ1) is 18.6. The molecule has 3 aromatic rings. The molecule has 9 nitrogen and oxygen atoms in total. The van der Waals surface area contributed by atoms with E-state index in [0.717, 1.165) is 87.1 Å². The van der Waals surface area contributed by atoms with Gasteiger partial charge in [0.05, 0.1) is 38.6 Å². The molecular weight excluding hydrogens is 480 g/mol. The molecule has 4 aliphatic heterocycles. The monoisotopic (exact) mass is 516 g/mol. The van der Waals surface area contributed by atoms with Crippen molar-refractivity contribution < 1.29 is 14.3 Å². The highest BCUT2D eigenvalue weighted by atomic mass is 16.5. The Labute approximate surface area is 223 Å². The number of piperidine rings is 3. The highest BCUT2D eigenvalue weighted by Crippen LogP contribution is 2.38. The molecular formula is C29H36N6O3. The van der Waals surface area contributed by atoms with Gasteiger partial charge in [-0.05, 0) is 61.7 Å². The van der Waals surface area contributed by atoms with Gasteiger partial charge in [-0.1, -0.05) is 17.3 Å². The molecule has 2 aromatic carbocycles. The molecule has 4 atom stereocenters. The van der Waals surface area contributed by atoms with Crippen LogP contribution in [0.25, 0.3) is 11.3 Å². The smallest absolute Gasteiger partial charge is 0.227 e. The summed E-state index contributed by atoms with van der Waals surface area (Å²) in [4.78, 5) is 20.5.